The Morgan fingerprint density at radius 3 is 2.89 bits per heavy atom. The molecule has 2 aromatic rings. The maximum Gasteiger partial charge on any atom is 0.335 e. The monoisotopic (exact) mass is 269 g/mol. The number of hydrogen-bond acceptors (Lipinski definition) is 3. The van der Waals surface area contributed by atoms with Gasteiger partial charge in [0.2, 0.25) is 0 Å². The second-order valence-corrected chi connectivity index (χ2v) is 4.92. The van der Waals surface area contributed by atoms with Crippen molar-refractivity contribution in [2.75, 3.05) is 0 Å². The zero-order valence-corrected chi connectivity index (χ0v) is 10.8. The highest BCUT2D eigenvalue weighted by molar-refractivity contribution is 7.09. The minimum Gasteiger partial charge on any atom is -0.478 e. The first-order valence-corrected chi connectivity index (χ1v) is 6.73. The second-order valence-electron chi connectivity index (χ2n) is 4.17. The summed E-state index contributed by atoms with van der Waals surface area (Å²) in [5, 5.41) is 18.4. The van der Waals surface area contributed by atoms with Gasteiger partial charge in [-0.05, 0) is 40.4 Å². The van der Waals surface area contributed by atoms with Gasteiger partial charge in [0.25, 0.3) is 0 Å². The molecule has 0 saturated heterocycles. The summed E-state index contributed by atoms with van der Waals surface area (Å²) in [4.78, 5) is 11.2. The van der Waals surface area contributed by atoms with Gasteiger partial charge in [0.1, 0.15) is 0 Å². The molecule has 1 aliphatic heterocycles. The number of benzene rings is 1. The lowest BCUT2D eigenvalue weighted by molar-refractivity contribution is 0.0697. The van der Waals surface area contributed by atoms with E-state index in [0.717, 1.165) is 22.0 Å². The predicted molar refractivity (Wildman–Crippen MR) is 78.2 cm³/mol. The van der Waals surface area contributed by atoms with Crippen molar-refractivity contribution in [2.45, 2.75) is 0 Å². The van der Waals surface area contributed by atoms with Gasteiger partial charge in [0, 0.05) is 22.8 Å². The number of carbonyl (C=O) groups is 1. The third kappa shape index (κ3) is 2.18. The summed E-state index contributed by atoms with van der Waals surface area (Å²) in [7, 11) is 0. The Kier molecular flexibility index (Phi) is 2.93. The van der Waals surface area contributed by atoms with Gasteiger partial charge >= 0.3 is 5.97 Å². The number of aromatic carboxylic acids is 1. The van der Waals surface area contributed by atoms with Gasteiger partial charge in [0.05, 0.1) is 5.56 Å². The van der Waals surface area contributed by atoms with Crippen LogP contribution < -0.4 is 5.32 Å². The SMILES string of the molecule is O=C(O)c1cc(C2=CC=CC=CN2)c2cscc2c1. The van der Waals surface area contributed by atoms with Crippen LogP contribution in [0.15, 0.2) is 53.4 Å². The first kappa shape index (κ1) is 11.7. The molecule has 0 radical (unpaired) electrons. The van der Waals surface area contributed by atoms with Crippen LogP contribution in [0.1, 0.15) is 15.9 Å². The van der Waals surface area contributed by atoms with Crippen LogP contribution in [0.3, 0.4) is 0 Å². The van der Waals surface area contributed by atoms with Crippen molar-refractivity contribution in [3.63, 3.8) is 0 Å². The Labute approximate surface area is 114 Å². The van der Waals surface area contributed by atoms with E-state index in [9.17, 15) is 9.90 Å². The fourth-order valence-corrected chi connectivity index (χ4v) is 2.86. The number of hydrogen-bond donors (Lipinski definition) is 2. The number of nitrogens with one attached hydrogen (secondary N) is 1. The lowest BCUT2D eigenvalue weighted by Gasteiger charge is -2.09. The smallest absolute Gasteiger partial charge is 0.335 e. The molecule has 3 rings (SSSR count). The standard InChI is InChI=1S/C15H11NO2S/c17-15(18)10-6-11-8-19-9-13(11)12(7-10)14-4-2-1-3-5-16-14/h1-9,16H,(H,17,18). The van der Waals surface area contributed by atoms with Crippen molar-refractivity contribution in [3.8, 4) is 0 Å². The molecular weight excluding hydrogens is 258 g/mol. The minimum absolute atomic E-state index is 0.306. The molecule has 0 fully saturated rings. The molecule has 94 valence electrons. The number of fused-ring (bicyclic) bond motifs is 1. The molecule has 0 unspecified atom stereocenters. The molecular formula is C15H11NO2S. The van der Waals surface area contributed by atoms with Crippen LogP contribution in [-0.4, -0.2) is 11.1 Å². The molecule has 1 aromatic heterocycles. The van der Waals surface area contributed by atoms with Crippen LogP contribution in [0.2, 0.25) is 0 Å². The van der Waals surface area contributed by atoms with Crippen LogP contribution in [0.5, 0.6) is 0 Å². The molecule has 0 aliphatic carbocycles. The van der Waals surface area contributed by atoms with E-state index in [-0.39, 0.29) is 0 Å². The summed E-state index contributed by atoms with van der Waals surface area (Å²) in [6.07, 6.45) is 9.53. The van der Waals surface area contributed by atoms with Crippen molar-refractivity contribution >= 4 is 33.8 Å². The number of rotatable bonds is 2. The van der Waals surface area contributed by atoms with Crippen LogP contribution in [-0.2, 0) is 0 Å². The molecule has 0 atom stereocenters. The highest BCUT2D eigenvalue weighted by Gasteiger charge is 2.12. The van der Waals surface area contributed by atoms with Crippen molar-refractivity contribution in [3.05, 3.63) is 64.5 Å². The fraction of sp³-hybridized carbons (Fsp3) is 0. The van der Waals surface area contributed by atoms with Gasteiger partial charge in [0.15, 0.2) is 0 Å². The summed E-state index contributed by atoms with van der Waals surface area (Å²) in [6, 6.07) is 3.42. The van der Waals surface area contributed by atoms with Crippen LogP contribution in [0, 0.1) is 0 Å². The lowest BCUT2D eigenvalue weighted by Crippen LogP contribution is -2.05. The molecule has 0 bridgehead atoms. The Morgan fingerprint density at radius 1 is 1.16 bits per heavy atom. The second kappa shape index (κ2) is 4.74. The van der Waals surface area contributed by atoms with Gasteiger partial charge < -0.3 is 10.4 Å². The van der Waals surface area contributed by atoms with E-state index in [0.29, 0.717) is 5.56 Å². The average Bonchev–Trinajstić information content (AvgIpc) is 2.71. The predicted octanol–water partition coefficient (Wildman–Crippen LogP) is 3.61. The van der Waals surface area contributed by atoms with E-state index >= 15 is 0 Å². The molecule has 0 saturated carbocycles. The van der Waals surface area contributed by atoms with Crippen molar-refractivity contribution in [2.24, 2.45) is 0 Å². The maximum absolute atomic E-state index is 11.2. The van der Waals surface area contributed by atoms with E-state index in [4.69, 9.17) is 0 Å². The van der Waals surface area contributed by atoms with Crippen molar-refractivity contribution in [1.29, 1.82) is 0 Å². The first-order valence-electron chi connectivity index (χ1n) is 5.79. The number of allylic oxidation sites excluding steroid dienone is 4. The summed E-state index contributed by atoms with van der Waals surface area (Å²) in [5.74, 6) is -0.908. The Bertz CT molecular complexity index is 738. The maximum atomic E-state index is 11.2. The summed E-state index contributed by atoms with van der Waals surface area (Å²) in [6.45, 7) is 0. The van der Waals surface area contributed by atoms with Crippen LogP contribution >= 0.6 is 11.3 Å². The summed E-state index contributed by atoms with van der Waals surface area (Å²) >= 11 is 1.57. The van der Waals surface area contributed by atoms with Gasteiger partial charge in [-0.25, -0.2) is 4.79 Å². The number of thiophene rings is 1. The van der Waals surface area contributed by atoms with Crippen LogP contribution in [0.25, 0.3) is 16.5 Å². The third-order valence-corrected chi connectivity index (χ3v) is 3.71. The van der Waals surface area contributed by atoms with Crippen LogP contribution in [0.4, 0.5) is 0 Å². The normalized spacial score (nSPS) is 14.0. The van der Waals surface area contributed by atoms with Gasteiger partial charge in [-0.1, -0.05) is 12.2 Å². The zero-order chi connectivity index (χ0) is 13.2. The first-order chi connectivity index (χ1) is 9.25. The van der Waals surface area contributed by atoms with E-state index in [1.165, 1.54) is 0 Å². The Morgan fingerprint density at radius 2 is 2.05 bits per heavy atom. The van der Waals surface area contributed by atoms with Crippen molar-refractivity contribution < 1.29 is 9.90 Å². The molecule has 1 aliphatic rings. The Balaban J connectivity index is 2.23. The number of carboxylic acids is 1. The van der Waals surface area contributed by atoms with Crippen molar-refractivity contribution in [1.82, 2.24) is 5.32 Å². The van der Waals surface area contributed by atoms with Gasteiger partial charge in [-0.2, -0.15) is 11.3 Å². The largest absolute Gasteiger partial charge is 0.478 e. The highest BCUT2D eigenvalue weighted by atomic mass is 32.1. The molecule has 3 nitrogen and oxygen atoms in total. The Hall–Kier alpha value is -2.33. The molecule has 2 N–H and O–H groups in total. The number of carboxylic acid groups (broad SMARTS) is 1. The van der Waals surface area contributed by atoms with E-state index < -0.39 is 5.97 Å². The minimum atomic E-state index is -0.908. The third-order valence-electron chi connectivity index (χ3n) is 2.95. The zero-order valence-electron chi connectivity index (χ0n) is 9.96. The van der Waals surface area contributed by atoms with E-state index in [1.807, 2.05) is 41.3 Å². The lowest BCUT2D eigenvalue weighted by atomic mass is 10.0. The van der Waals surface area contributed by atoms with E-state index in [1.54, 1.807) is 23.5 Å². The molecule has 0 amide bonds. The molecule has 1 aromatic carbocycles. The molecule has 19 heavy (non-hydrogen) atoms. The average molecular weight is 269 g/mol. The molecule has 0 spiro atoms. The molecule has 4 heteroatoms. The quantitative estimate of drug-likeness (QED) is 0.875. The summed E-state index contributed by atoms with van der Waals surface area (Å²) in [5.41, 5.74) is 2.12. The van der Waals surface area contributed by atoms with E-state index in [2.05, 4.69) is 5.32 Å². The summed E-state index contributed by atoms with van der Waals surface area (Å²) < 4.78 is 0. The van der Waals surface area contributed by atoms with Gasteiger partial charge in [-0.15, -0.1) is 0 Å². The highest BCUT2D eigenvalue weighted by Crippen LogP contribution is 2.29. The topological polar surface area (TPSA) is 49.3 Å². The molecule has 2 heterocycles. The fourth-order valence-electron chi connectivity index (χ4n) is 2.05. The van der Waals surface area contributed by atoms with Gasteiger partial charge in [-0.3, -0.25) is 0 Å².